The Hall–Kier alpha value is -2.00. The molecule has 19 heavy (non-hydrogen) atoms. The number of rotatable bonds is 3. The predicted octanol–water partition coefficient (Wildman–Crippen LogP) is 0.782. The van der Waals surface area contributed by atoms with Crippen molar-refractivity contribution in [3.8, 4) is 0 Å². The first-order chi connectivity index (χ1) is 8.93. The fourth-order valence-electron chi connectivity index (χ4n) is 1.63. The molecule has 9 heteroatoms. The van der Waals surface area contributed by atoms with E-state index in [4.69, 9.17) is 5.84 Å². The average molecular weight is 272 g/mol. The molecule has 2 rings (SSSR count). The lowest BCUT2D eigenvalue weighted by molar-refractivity contribution is -0.137. The minimum Gasteiger partial charge on any atom is -0.270 e. The number of nitrogens with two attached hydrogens (primary N) is 1. The quantitative estimate of drug-likeness (QED) is 0.637. The van der Waals surface area contributed by atoms with Crippen molar-refractivity contribution >= 4 is 0 Å². The van der Waals surface area contributed by atoms with Crippen LogP contribution in [0.1, 0.15) is 23.0 Å². The van der Waals surface area contributed by atoms with Crippen molar-refractivity contribution in [3.63, 3.8) is 0 Å². The molecule has 0 bridgehead atoms. The van der Waals surface area contributed by atoms with E-state index < -0.39 is 17.8 Å². The zero-order valence-electron chi connectivity index (χ0n) is 9.89. The van der Waals surface area contributed by atoms with Crippen LogP contribution in [0.4, 0.5) is 13.2 Å². The Kier molecular flexibility index (Phi) is 3.49. The van der Waals surface area contributed by atoms with Crippen LogP contribution in [0.2, 0.25) is 0 Å². The number of hydrogen-bond donors (Lipinski definition) is 2. The van der Waals surface area contributed by atoms with Gasteiger partial charge in [-0.1, -0.05) is 5.21 Å². The van der Waals surface area contributed by atoms with E-state index in [9.17, 15) is 13.2 Å². The number of nitrogens with one attached hydrogen (secondary N) is 1. The molecule has 6 nitrogen and oxygen atoms in total. The maximum atomic E-state index is 12.4. The number of halogens is 3. The molecule has 0 aliphatic carbocycles. The molecule has 0 spiro atoms. The molecular formula is C10H11F3N6. The van der Waals surface area contributed by atoms with Gasteiger partial charge >= 0.3 is 6.18 Å². The van der Waals surface area contributed by atoms with Gasteiger partial charge < -0.3 is 0 Å². The van der Waals surface area contributed by atoms with Crippen molar-refractivity contribution in [3.05, 3.63) is 41.5 Å². The summed E-state index contributed by atoms with van der Waals surface area (Å²) < 4.78 is 38.8. The molecule has 0 fully saturated rings. The topological polar surface area (TPSA) is 81.7 Å². The first kappa shape index (κ1) is 13.4. The van der Waals surface area contributed by atoms with Crippen LogP contribution < -0.4 is 11.3 Å². The van der Waals surface area contributed by atoms with E-state index in [0.717, 1.165) is 12.3 Å². The van der Waals surface area contributed by atoms with Crippen LogP contribution in [-0.4, -0.2) is 20.0 Å². The second kappa shape index (κ2) is 4.94. The first-order valence-corrected chi connectivity index (χ1v) is 5.27. The van der Waals surface area contributed by atoms with Gasteiger partial charge in [-0.15, -0.1) is 5.10 Å². The summed E-state index contributed by atoms with van der Waals surface area (Å²) in [6, 6.07) is 1.64. The van der Waals surface area contributed by atoms with Crippen molar-refractivity contribution in [2.75, 3.05) is 0 Å². The van der Waals surface area contributed by atoms with Crippen LogP contribution in [-0.2, 0) is 13.2 Å². The number of hydrazine groups is 1. The van der Waals surface area contributed by atoms with Crippen molar-refractivity contribution in [1.29, 1.82) is 0 Å². The molecule has 0 radical (unpaired) electrons. The number of nitrogens with zero attached hydrogens (tertiary/aromatic N) is 4. The van der Waals surface area contributed by atoms with Crippen LogP contribution in [0.15, 0.2) is 24.5 Å². The SMILES string of the molecule is Cn1nncc1C(NN)c1ccc(C(F)(F)F)cn1. The molecule has 102 valence electrons. The average Bonchev–Trinajstić information content (AvgIpc) is 2.76. The highest BCUT2D eigenvalue weighted by Gasteiger charge is 2.31. The van der Waals surface area contributed by atoms with Crippen LogP contribution in [0.3, 0.4) is 0 Å². The van der Waals surface area contributed by atoms with Gasteiger partial charge in [0.15, 0.2) is 0 Å². The molecule has 0 aliphatic heterocycles. The summed E-state index contributed by atoms with van der Waals surface area (Å²) in [4.78, 5) is 3.78. The Morgan fingerprint density at radius 2 is 2.05 bits per heavy atom. The van der Waals surface area contributed by atoms with E-state index in [0.29, 0.717) is 11.4 Å². The number of alkyl halides is 3. The van der Waals surface area contributed by atoms with Crippen molar-refractivity contribution in [2.45, 2.75) is 12.2 Å². The molecule has 0 saturated heterocycles. The molecule has 0 amide bonds. The van der Waals surface area contributed by atoms with Crippen LogP contribution in [0.5, 0.6) is 0 Å². The first-order valence-electron chi connectivity index (χ1n) is 5.27. The van der Waals surface area contributed by atoms with E-state index in [2.05, 4.69) is 20.7 Å². The smallest absolute Gasteiger partial charge is 0.270 e. The van der Waals surface area contributed by atoms with Gasteiger partial charge in [-0.25, -0.2) is 5.43 Å². The Balaban J connectivity index is 2.33. The summed E-state index contributed by atoms with van der Waals surface area (Å²) in [5.41, 5.74) is 2.61. The summed E-state index contributed by atoms with van der Waals surface area (Å²) in [5, 5.41) is 7.41. The van der Waals surface area contributed by atoms with E-state index in [-0.39, 0.29) is 0 Å². The zero-order chi connectivity index (χ0) is 14.0. The maximum absolute atomic E-state index is 12.4. The van der Waals surface area contributed by atoms with Gasteiger partial charge in [0.1, 0.15) is 6.04 Å². The highest BCUT2D eigenvalue weighted by molar-refractivity contribution is 5.24. The lowest BCUT2D eigenvalue weighted by atomic mass is 10.1. The van der Waals surface area contributed by atoms with Crippen molar-refractivity contribution in [2.24, 2.45) is 12.9 Å². The highest BCUT2D eigenvalue weighted by Crippen LogP contribution is 2.29. The second-order valence-electron chi connectivity index (χ2n) is 3.85. The minimum atomic E-state index is -4.41. The second-order valence-corrected chi connectivity index (χ2v) is 3.85. The Morgan fingerprint density at radius 3 is 2.47 bits per heavy atom. The third-order valence-corrected chi connectivity index (χ3v) is 2.62. The molecule has 1 unspecified atom stereocenters. The molecule has 2 aromatic heterocycles. The van der Waals surface area contributed by atoms with E-state index >= 15 is 0 Å². The molecule has 2 aromatic rings. The predicted molar refractivity (Wildman–Crippen MR) is 59.4 cm³/mol. The van der Waals surface area contributed by atoms with Crippen LogP contribution in [0, 0.1) is 0 Å². The molecule has 0 aromatic carbocycles. The third kappa shape index (κ3) is 2.71. The van der Waals surface area contributed by atoms with Crippen molar-refractivity contribution in [1.82, 2.24) is 25.4 Å². The summed E-state index contributed by atoms with van der Waals surface area (Å²) in [6.45, 7) is 0. The zero-order valence-corrected chi connectivity index (χ0v) is 9.89. The fourth-order valence-corrected chi connectivity index (χ4v) is 1.63. The molecule has 2 heterocycles. The Morgan fingerprint density at radius 1 is 1.32 bits per heavy atom. The summed E-state index contributed by atoms with van der Waals surface area (Å²) in [6.07, 6.45) is -2.18. The van der Waals surface area contributed by atoms with E-state index in [1.165, 1.54) is 16.9 Å². The summed E-state index contributed by atoms with van der Waals surface area (Å²) in [5.74, 6) is 5.41. The molecular weight excluding hydrogens is 261 g/mol. The largest absolute Gasteiger partial charge is 0.417 e. The fraction of sp³-hybridized carbons (Fsp3) is 0.300. The monoisotopic (exact) mass is 272 g/mol. The van der Waals surface area contributed by atoms with Gasteiger partial charge in [-0.3, -0.25) is 15.5 Å². The van der Waals surface area contributed by atoms with Gasteiger partial charge in [0.05, 0.1) is 23.1 Å². The number of aryl methyl sites for hydroxylation is 1. The summed E-state index contributed by atoms with van der Waals surface area (Å²) >= 11 is 0. The molecule has 0 aliphatic rings. The standard InChI is InChI=1S/C10H11F3N6/c1-19-8(5-16-18-19)9(17-14)7-3-2-6(4-15-7)10(11,12)13/h2-5,9,17H,14H2,1H3. The number of aromatic nitrogens is 4. The Labute approximate surface area is 106 Å². The van der Waals surface area contributed by atoms with Gasteiger partial charge in [-0.2, -0.15) is 13.2 Å². The summed E-state index contributed by atoms with van der Waals surface area (Å²) in [7, 11) is 1.65. The normalized spacial score (nSPS) is 13.5. The van der Waals surface area contributed by atoms with Gasteiger partial charge in [0.2, 0.25) is 0 Å². The van der Waals surface area contributed by atoms with Crippen molar-refractivity contribution < 1.29 is 13.2 Å². The van der Waals surface area contributed by atoms with Crippen LogP contribution >= 0.6 is 0 Å². The molecule has 0 saturated carbocycles. The highest BCUT2D eigenvalue weighted by atomic mass is 19.4. The minimum absolute atomic E-state index is 0.348. The molecule has 3 N–H and O–H groups in total. The number of hydrogen-bond acceptors (Lipinski definition) is 5. The van der Waals surface area contributed by atoms with Gasteiger partial charge in [-0.05, 0) is 12.1 Å². The van der Waals surface area contributed by atoms with Crippen LogP contribution in [0.25, 0.3) is 0 Å². The Bertz CT molecular complexity index is 547. The van der Waals surface area contributed by atoms with Gasteiger partial charge in [0, 0.05) is 13.2 Å². The lowest BCUT2D eigenvalue weighted by Gasteiger charge is -2.15. The molecule has 1 atom stereocenters. The maximum Gasteiger partial charge on any atom is 0.417 e. The van der Waals surface area contributed by atoms with E-state index in [1.54, 1.807) is 7.05 Å². The van der Waals surface area contributed by atoms with Gasteiger partial charge in [0.25, 0.3) is 0 Å². The number of pyridine rings is 1. The van der Waals surface area contributed by atoms with E-state index in [1.807, 2.05) is 0 Å². The lowest BCUT2D eigenvalue weighted by Crippen LogP contribution is -2.31. The third-order valence-electron chi connectivity index (χ3n) is 2.62.